The van der Waals surface area contributed by atoms with Crippen LogP contribution in [0.4, 0.5) is 0 Å². The highest BCUT2D eigenvalue weighted by Crippen LogP contribution is 2.31. The maximum atomic E-state index is 5.97. The van der Waals surface area contributed by atoms with Gasteiger partial charge in [-0.2, -0.15) is 0 Å². The predicted molar refractivity (Wildman–Crippen MR) is 90.3 cm³/mol. The molecule has 2 aromatic carbocycles. The summed E-state index contributed by atoms with van der Waals surface area (Å²) in [6.45, 7) is 2.03. The van der Waals surface area contributed by atoms with Gasteiger partial charge in [0.25, 0.3) is 0 Å². The number of rotatable bonds is 3. The Morgan fingerprint density at radius 2 is 1.90 bits per heavy atom. The molecule has 0 unspecified atom stereocenters. The molecular weight excluding hydrogens is 350 g/mol. The summed E-state index contributed by atoms with van der Waals surface area (Å²) < 4.78 is 7.01. The van der Waals surface area contributed by atoms with Crippen molar-refractivity contribution < 1.29 is 4.74 Å². The number of alkyl halides is 1. The van der Waals surface area contributed by atoms with Crippen LogP contribution in [0.25, 0.3) is 10.8 Å². The van der Waals surface area contributed by atoms with Crippen molar-refractivity contribution in [2.24, 2.45) is 0 Å². The van der Waals surface area contributed by atoms with Crippen LogP contribution in [0.15, 0.2) is 53.1 Å². The Labute approximate surface area is 136 Å². The van der Waals surface area contributed by atoms with Crippen molar-refractivity contribution in [2.45, 2.75) is 12.8 Å². The number of halogens is 2. The summed E-state index contributed by atoms with van der Waals surface area (Å²) in [6, 6.07) is 13.9. The van der Waals surface area contributed by atoms with E-state index >= 15 is 0 Å². The van der Waals surface area contributed by atoms with Crippen molar-refractivity contribution in [1.29, 1.82) is 0 Å². The summed E-state index contributed by atoms with van der Waals surface area (Å²) in [4.78, 5) is 4.41. The van der Waals surface area contributed by atoms with E-state index in [1.165, 1.54) is 0 Å². The Hall–Kier alpha value is -1.58. The lowest BCUT2D eigenvalue weighted by molar-refractivity contribution is 0.468. The van der Waals surface area contributed by atoms with Gasteiger partial charge in [0.15, 0.2) is 0 Å². The average Bonchev–Trinajstić information content (AvgIpc) is 2.51. The highest BCUT2D eigenvalue weighted by atomic mass is 79.9. The molecule has 0 bridgehead atoms. The van der Waals surface area contributed by atoms with Gasteiger partial charge in [-0.15, -0.1) is 11.6 Å². The molecule has 4 heteroatoms. The molecule has 1 heterocycles. The smallest absolute Gasteiger partial charge is 0.227 e. The van der Waals surface area contributed by atoms with Gasteiger partial charge in [-0.3, -0.25) is 0 Å². The Morgan fingerprint density at radius 1 is 1.14 bits per heavy atom. The van der Waals surface area contributed by atoms with Crippen LogP contribution in [-0.2, 0) is 5.88 Å². The molecule has 0 aliphatic rings. The Morgan fingerprint density at radius 3 is 2.62 bits per heavy atom. The Kier molecular flexibility index (Phi) is 4.13. The zero-order valence-electron chi connectivity index (χ0n) is 11.4. The van der Waals surface area contributed by atoms with Crippen molar-refractivity contribution in [2.75, 3.05) is 0 Å². The second-order valence-electron chi connectivity index (χ2n) is 4.78. The van der Waals surface area contributed by atoms with E-state index in [1.54, 1.807) is 6.20 Å². The van der Waals surface area contributed by atoms with Gasteiger partial charge < -0.3 is 4.74 Å². The fourth-order valence-electron chi connectivity index (χ4n) is 2.21. The van der Waals surface area contributed by atoms with Gasteiger partial charge in [-0.05, 0) is 47.7 Å². The van der Waals surface area contributed by atoms with Crippen LogP contribution in [-0.4, -0.2) is 4.98 Å². The third kappa shape index (κ3) is 2.89. The van der Waals surface area contributed by atoms with Crippen LogP contribution in [0.2, 0.25) is 0 Å². The lowest BCUT2D eigenvalue weighted by Crippen LogP contribution is -1.93. The number of benzene rings is 2. The molecule has 0 spiro atoms. The molecule has 21 heavy (non-hydrogen) atoms. The SMILES string of the molecule is Cc1cc(Oc2ncc(CCl)c3ccccc23)ccc1Br. The molecule has 0 amide bonds. The van der Waals surface area contributed by atoms with Crippen molar-refractivity contribution in [1.82, 2.24) is 4.98 Å². The molecule has 106 valence electrons. The van der Waals surface area contributed by atoms with Gasteiger partial charge >= 0.3 is 0 Å². The molecule has 0 radical (unpaired) electrons. The summed E-state index contributed by atoms with van der Waals surface area (Å²) in [5.74, 6) is 1.80. The summed E-state index contributed by atoms with van der Waals surface area (Å²) in [6.07, 6.45) is 1.77. The number of aryl methyl sites for hydroxylation is 1. The zero-order valence-corrected chi connectivity index (χ0v) is 13.8. The van der Waals surface area contributed by atoms with E-state index in [0.29, 0.717) is 11.8 Å². The van der Waals surface area contributed by atoms with Gasteiger partial charge in [0.05, 0.1) is 0 Å². The predicted octanol–water partition coefficient (Wildman–Crippen LogP) is 5.84. The minimum atomic E-state index is 0.436. The van der Waals surface area contributed by atoms with E-state index in [0.717, 1.165) is 32.1 Å². The molecule has 3 aromatic rings. The maximum Gasteiger partial charge on any atom is 0.227 e. The first-order valence-corrected chi connectivity index (χ1v) is 7.88. The second-order valence-corrected chi connectivity index (χ2v) is 5.90. The molecule has 3 rings (SSSR count). The molecule has 0 aliphatic heterocycles. The van der Waals surface area contributed by atoms with Crippen molar-refractivity contribution >= 4 is 38.3 Å². The number of fused-ring (bicyclic) bond motifs is 1. The highest BCUT2D eigenvalue weighted by molar-refractivity contribution is 9.10. The Balaban J connectivity index is 2.06. The normalized spacial score (nSPS) is 10.8. The first-order valence-electron chi connectivity index (χ1n) is 6.55. The van der Waals surface area contributed by atoms with Crippen LogP contribution in [0.3, 0.4) is 0 Å². The molecule has 0 aliphatic carbocycles. The first kappa shape index (κ1) is 14.4. The number of ether oxygens (including phenoxy) is 1. The van der Waals surface area contributed by atoms with E-state index in [-0.39, 0.29) is 0 Å². The fraction of sp³-hybridized carbons (Fsp3) is 0.118. The fourth-order valence-corrected chi connectivity index (χ4v) is 2.66. The number of aromatic nitrogens is 1. The highest BCUT2D eigenvalue weighted by Gasteiger charge is 2.09. The van der Waals surface area contributed by atoms with E-state index in [2.05, 4.69) is 20.9 Å². The van der Waals surface area contributed by atoms with Gasteiger partial charge in [-0.1, -0.05) is 34.1 Å². The van der Waals surface area contributed by atoms with Gasteiger partial charge in [0.2, 0.25) is 5.88 Å². The van der Waals surface area contributed by atoms with Crippen molar-refractivity contribution in [3.8, 4) is 11.6 Å². The van der Waals surface area contributed by atoms with Gasteiger partial charge in [0, 0.05) is 21.9 Å². The van der Waals surface area contributed by atoms with Gasteiger partial charge in [0.1, 0.15) is 5.75 Å². The van der Waals surface area contributed by atoms with E-state index in [9.17, 15) is 0 Å². The molecule has 0 saturated heterocycles. The standard InChI is InChI=1S/C17H13BrClNO/c1-11-8-13(6-7-16(11)18)21-17-15-5-3-2-4-14(15)12(9-19)10-20-17/h2-8,10H,9H2,1H3. The molecule has 0 atom stereocenters. The number of pyridine rings is 1. The van der Waals surface area contributed by atoms with E-state index in [1.807, 2.05) is 49.4 Å². The van der Waals surface area contributed by atoms with Crippen molar-refractivity contribution in [3.63, 3.8) is 0 Å². The zero-order chi connectivity index (χ0) is 14.8. The molecular formula is C17H13BrClNO. The quantitative estimate of drug-likeness (QED) is 0.546. The average molecular weight is 363 g/mol. The van der Waals surface area contributed by atoms with Crippen LogP contribution < -0.4 is 4.74 Å². The summed E-state index contributed by atoms with van der Waals surface area (Å²) >= 11 is 9.46. The third-order valence-corrected chi connectivity index (χ3v) is 4.51. The third-order valence-electron chi connectivity index (χ3n) is 3.33. The van der Waals surface area contributed by atoms with E-state index < -0.39 is 0 Å². The molecule has 0 saturated carbocycles. The van der Waals surface area contributed by atoms with Crippen LogP contribution in [0.5, 0.6) is 11.6 Å². The lowest BCUT2D eigenvalue weighted by Gasteiger charge is -2.11. The maximum absolute atomic E-state index is 5.97. The van der Waals surface area contributed by atoms with Crippen LogP contribution >= 0.6 is 27.5 Å². The lowest BCUT2D eigenvalue weighted by atomic mass is 10.1. The number of hydrogen-bond acceptors (Lipinski definition) is 2. The summed E-state index contributed by atoms with van der Waals surface area (Å²) in [5, 5.41) is 2.04. The van der Waals surface area contributed by atoms with Crippen LogP contribution in [0, 0.1) is 6.92 Å². The number of nitrogens with zero attached hydrogens (tertiary/aromatic N) is 1. The van der Waals surface area contributed by atoms with Crippen molar-refractivity contribution in [3.05, 3.63) is 64.3 Å². The number of hydrogen-bond donors (Lipinski definition) is 0. The monoisotopic (exact) mass is 361 g/mol. The van der Waals surface area contributed by atoms with E-state index in [4.69, 9.17) is 16.3 Å². The molecule has 0 N–H and O–H groups in total. The van der Waals surface area contributed by atoms with Crippen LogP contribution in [0.1, 0.15) is 11.1 Å². The minimum absolute atomic E-state index is 0.436. The summed E-state index contributed by atoms with van der Waals surface area (Å²) in [5.41, 5.74) is 2.13. The summed E-state index contributed by atoms with van der Waals surface area (Å²) in [7, 11) is 0. The molecule has 1 aromatic heterocycles. The molecule has 2 nitrogen and oxygen atoms in total. The first-order chi connectivity index (χ1) is 10.2. The van der Waals surface area contributed by atoms with Gasteiger partial charge in [-0.25, -0.2) is 4.98 Å². The Bertz CT molecular complexity index is 804. The second kappa shape index (κ2) is 6.04. The topological polar surface area (TPSA) is 22.1 Å². The molecule has 0 fully saturated rings. The minimum Gasteiger partial charge on any atom is -0.438 e. The largest absolute Gasteiger partial charge is 0.438 e.